The number of rotatable bonds is 6. The summed E-state index contributed by atoms with van der Waals surface area (Å²) in [6, 6.07) is 18.8. The van der Waals surface area contributed by atoms with E-state index in [-0.39, 0.29) is 12.3 Å². The first-order chi connectivity index (χ1) is 12.5. The molecule has 0 fully saturated rings. The van der Waals surface area contributed by atoms with Crippen molar-refractivity contribution in [2.75, 3.05) is 4.31 Å². The summed E-state index contributed by atoms with van der Waals surface area (Å²) < 4.78 is 28.0. The molecule has 0 bridgehead atoms. The normalized spacial score (nSPS) is 11.3. The SMILES string of the molecule is Cc1ccc(N(Cc2cccnc2)S(=O)(=O)Cc2ccccc2C)cc1. The summed E-state index contributed by atoms with van der Waals surface area (Å²) in [6.45, 7) is 4.17. The lowest BCUT2D eigenvalue weighted by molar-refractivity contribution is 0.589. The maximum Gasteiger partial charge on any atom is 0.239 e. The molecule has 5 heteroatoms. The van der Waals surface area contributed by atoms with Crippen LogP contribution < -0.4 is 4.31 Å². The lowest BCUT2D eigenvalue weighted by Crippen LogP contribution is -2.32. The molecule has 0 aliphatic heterocycles. The smallest absolute Gasteiger partial charge is 0.239 e. The molecule has 2 aromatic carbocycles. The average Bonchev–Trinajstić information content (AvgIpc) is 2.63. The maximum absolute atomic E-state index is 13.2. The van der Waals surface area contributed by atoms with E-state index < -0.39 is 10.0 Å². The van der Waals surface area contributed by atoms with Gasteiger partial charge in [0.2, 0.25) is 10.0 Å². The minimum absolute atomic E-state index is 0.0339. The van der Waals surface area contributed by atoms with Gasteiger partial charge in [-0.15, -0.1) is 0 Å². The fourth-order valence-corrected chi connectivity index (χ4v) is 4.43. The van der Waals surface area contributed by atoms with Gasteiger partial charge in [-0.05, 0) is 48.7 Å². The van der Waals surface area contributed by atoms with Gasteiger partial charge in [0.25, 0.3) is 0 Å². The van der Waals surface area contributed by atoms with Crippen molar-refractivity contribution in [3.8, 4) is 0 Å². The first kappa shape index (κ1) is 18.1. The monoisotopic (exact) mass is 366 g/mol. The van der Waals surface area contributed by atoms with E-state index in [2.05, 4.69) is 4.98 Å². The van der Waals surface area contributed by atoms with E-state index in [1.807, 2.05) is 74.5 Å². The minimum Gasteiger partial charge on any atom is -0.265 e. The van der Waals surface area contributed by atoms with Gasteiger partial charge in [0, 0.05) is 12.4 Å². The summed E-state index contributed by atoms with van der Waals surface area (Å²) in [4.78, 5) is 4.10. The van der Waals surface area contributed by atoms with Gasteiger partial charge in [0.15, 0.2) is 0 Å². The van der Waals surface area contributed by atoms with Crippen molar-refractivity contribution in [2.45, 2.75) is 26.1 Å². The fraction of sp³-hybridized carbons (Fsp3) is 0.190. The van der Waals surface area contributed by atoms with Crippen molar-refractivity contribution in [1.82, 2.24) is 4.98 Å². The highest BCUT2D eigenvalue weighted by atomic mass is 32.2. The minimum atomic E-state index is -3.56. The molecule has 1 aromatic heterocycles. The van der Waals surface area contributed by atoms with E-state index in [1.54, 1.807) is 12.4 Å². The number of anilines is 1. The molecule has 0 aliphatic carbocycles. The van der Waals surface area contributed by atoms with Crippen LogP contribution in [0.25, 0.3) is 0 Å². The Labute approximate surface area is 155 Å². The predicted molar refractivity (Wildman–Crippen MR) is 105 cm³/mol. The summed E-state index contributed by atoms with van der Waals surface area (Å²) in [6.07, 6.45) is 3.38. The maximum atomic E-state index is 13.2. The lowest BCUT2D eigenvalue weighted by atomic mass is 10.1. The number of hydrogen-bond donors (Lipinski definition) is 0. The van der Waals surface area contributed by atoms with E-state index in [1.165, 1.54) is 4.31 Å². The molecule has 0 N–H and O–H groups in total. The van der Waals surface area contributed by atoms with E-state index in [4.69, 9.17) is 0 Å². The molecule has 0 atom stereocenters. The second-order valence-electron chi connectivity index (χ2n) is 6.39. The van der Waals surface area contributed by atoms with Crippen molar-refractivity contribution >= 4 is 15.7 Å². The van der Waals surface area contributed by atoms with Crippen LogP contribution in [0.4, 0.5) is 5.69 Å². The van der Waals surface area contributed by atoms with Gasteiger partial charge in [-0.25, -0.2) is 8.42 Å². The van der Waals surface area contributed by atoms with Gasteiger partial charge in [0.1, 0.15) is 0 Å². The molecule has 134 valence electrons. The largest absolute Gasteiger partial charge is 0.265 e. The number of benzene rings is 2. The van der Waals surface area contributed by atoms with Crippen LogP contribution in [0.3, 0.4) is 0 Å². The quantitative estimate of drug-likeness (QED) is 0.656. The molecule has 0 spiro atoms. The van der Waals surface area contributed by atoms with E-state index in [0.29, 0.717) is 5.69 Å². The Morgan fingerprint density at radius 1 is 0.923 bits per heavy atom. The number of nitrogens with zero attached hydrogens (tertiary/aromatic N) is 2. The molecule has 3 rings (SSSR count). The highest BCUT2D eigenvalue weighted by Crippen LogP contribution is 2.24. The Hall–Kier alpha value is -2.66. The fourth-order valence-electron chi connectivity index (χ4n) is 2.77. The van der Waals surface area contributed by atoms with Gasteiger partial charge >= 0.3 is 0 Å². The van der Waals surface area contributed by atoms with E-state index in [0.717, 1.165) is 22.3 Å². The van der Waals surface area contributed by atoms with Crippen LogP contribution in [0.15, 0.2) is 73.1 Å². The van der Waals surface area contributed by atoms with E-state index in [9.17, 15) is 8.42 Å². The highest BCUT2D eigenvalue weighted by molar-refractivity contribution is 7.92. The van der Waals surface area contributed by atoms with Crippen molar-refractivity contribution in [3.63, 3.8) is 0 Å². The van der Waals surface area contributed by atoms with Gasteiger partial charge in [-0.3, -0.25) is 9.29 Å². The second kappa shape index (κ2) is 7.70. The van der Waals surface area contributed by atoms with Gasteiger partial charge in [0.05, 0.1) is 18.0 Å². The summed E-state index contributed by atoms with van der Waals surface area (Å²) >= 11 is 0. The van der Waals surface area contributed by atoms with Crippen LogP contribution in [0, 0.1) is 13.8 Å². The molecular formula is C21H22N2O2S. The second-order valence-corrected chi connectivity index (χ2v) is 8.28. The Bertz CT molecular complexity index is 968. The predicted octanol–water partition coefficient (Wildman–Crippen LogP) is 4.24. The average molecular weight is 366 g/mol. The molecule has 26 heavy (non-hydrogen) atoms. The van der Waals surface area contributed by atoms with Crippen LogP contribution >= 0.6 is 0 Å². The zero-order valence-electron chi connectivity index (χ0n) is 15.0. The Kier molecular flexibility index (Phi) is 5.38. The van der Waals surface area contributed by atoms with Crippen LogP contribution in [-0.2, 0) is 22.3 Å². The number of hydrogen-bond acceptors (Lipinski definition) is 3. The van der Waals surface area contributed by atoms with Gasteiger partial charge in [-0.1, -0.05) is 48.0 Å². The topological polar surface area (TPSA) is 50.3 Å². The standard InChI is InChI=1S/C21H22N2O2S/c1-17-9-11-21(12-10-17)23(15-19-7-5-13-22-14-19)26(24,25)16-20-8-4-3-6-18(20)2/h3-14H,15-16H2,1-2H3. The van der Waals surface area contributed by atoms with Crippen LogP contribution in [0.5, 0.6) is 0 Å². The van der Waals surface area contributed by atoms with E-state index >= 15 is 0 Å². The molecule has 0 unspecified atom stereocenters. The number of pyridine rings is 1. The molecule has 1 heterocycles. The Morgan fingerprint density at radius 3 is 2.31 bits per heavy atom. The molecular weight excluding hydrogens is 344 g/mol. The third-order valence-corrected chi connectivity index (χ3v) is 5.99. The van der Waals surface area contributed by atoms with Crippen molar-refractivity contribution in [1.29, 1.82) is 0 Å². The summed E-state index contributed by atoms with van der Waals surface area (Å²) in [7, 11) is -3.56. The summed E-state index contributed by atoms with van der Waals surface area (Å²) in [5.74, 6) is -0.0339. The number of aryl methyl sites for hydroxylation is 2. The van der Waals surface area contributed by atoms with Gasteiger partial charge in [-0.2, -0.15) is 0 Å². The molecule has 0 amide bonds. The molecule has 3 aromatic rings. The molecule has 0 radical (unpaired) electrons. The van der Waals surface area contributed by atoms with Crippen molar-refractivity contribution in [3.05, 3.63) is 95.3 Å². The molecule has 0 saturated heterocycles. The number of aromatic nitrogens is 1. The Morgan fingerprint density at radius 2 is 1.65 bits per heavy atom. The van der Waals surface area contributed by atoms with Gasteiger partial charge < -0.3 is 0 Å². The molecule has 0 saturated carbocycles. The molecule has 4 nitrogen and oxygen atoms in total. The van der Waals surface area contributed by atoms with Crippen LogP contribution in [0.2, 0.25) is 0 Å². The number of sulfonamides is 1. The van der Waals surface area contributed by atoms with Crippen LogP contribution in [0.1, 0.15) is 22.3 Å². The summed E-state index contributed by atoms with van der Waals surface area (Å²) in [5, 5.41) is 0. The highest BCUT2D eigenvalue weighted by Gasteiger charge is 2.24. The summed E-state index contributed by atoms with van der Waals surface area (Å²) in [5.41, 5.74) is 4.39. The lowest BCUT2D eigenvalue weighted by Gasteiger charge is -2.25. The molecule has 0 aliphatic rings. The third kappa shape index (κ3) is 4.29. The Balaban J connectivity index is 1.98. The zero-order valence-corrected chi connectivity index (χ0v) is 15.8. The zero-order chi connectivity index (χ0) is 18.6. The first-order valence-corrected chi connectivity index (χ1v) is 10.1. The van der Waals surface area contributed by atoms with Crippen LogP contribution in [-0.4, -0.2) is 13.4 Å². The third-order valence-electron chi connectivity index (χ3n) is 4.31. The first-order valence-electron chi connectivity index (χ1n) is 8.46. The van der Waals surface area contributed by atoms with Crippen molar-refractivity contribution in [2.24, 2.45) is 0 Å². The van der Waals surface area contributed by atoms with Crippen molar-refractivity contribution < 1.29 is 8.42 Å².